The fourth-order valence-corrected chi connectivity index (χ4v) is 2.79. The lowest BCUT2D eigenvalue weighted by molar-refractivity contribution is -0.170. The maximum Gasteiger partial charge on any atom is 0.332 e. The summed E-state index contributed by atoms with van der Waals surface area (Å²) in [6.45, 7) is 10.2. The molecule has 0 bridgehead atoms. The van der Waals surface area contributed by atoms with E-state index in [0.29, 0.717) is 0 Å². The molecule has 0 N–H and O–H groups in total. The minimum absolute atomic E-state index is 0.0852. The van der Waals surface area contributed by atoms with Crippen molar-refractivity contribution in [3.05, 3.63) is 0 Å². The summed E-state index contributed by atoms with van der Waals surface area (Å²) < 4.78 is 11.3. The fraction of sp³-hybridized carbons (Fsp3) is 0.938. The fourth-order valence-electron chi connectivity index (χ4n) is 2.79. The van der Waals surface area contributed by atoms with E-state index < -0.39 is 5.60 Å². The first-order valence-electron chi connectivity index (χ1n) is 7.62. The smallest absolute Gasteiger partial charge is 0.332 e. The van der Waals surface area contributed by atoms with Gasteiger partial charge in [0.1, 0.15) is 12.2 Å². The van der Waals surface area contributed by atoms with Crippen LogP contribution < -0.4 is 0 Å². The third kappa shape index (κ3) is 5.94. The van der Waals surface area contributed by atoms with Gasteiger partial charge in [-0.05, 0) is 58.8 Å². The Morgan fingerprint density at radius 3 is 2.32 bits per heavy atom. The van der Waals surface area contributed by atoms with Crippen LogP contribution in [0.5, 0.6) is 0 Å². The topological polar surface area (TPSA) is 35.5 Å². The first-order chi connectivity index (χ1) is 8.76. The van der Waals surface area contributed by atoms with Crippen LogP contribution >= 0.6 is 0 Å². The highest BCUT2D eigenvalue weighted by molar-refractivity contribution is 5.71. The molecule has 1 aliphatic carbocycles. The van der Waals surface area contributed by atoms with Crippen LogP contribution in [-0.4, -0.2) is 23.8 Å². The van der Waals surface area contributed by atoms with Crippen LogP contribution in [0.15, 0.2) is 0 Å². The van der Waals surface area contributed by atoms with Gasteiger partial charge in [-0.15, -0.1) is 0 Å². The number of carbonyl (C=O) groups is 1. The van der Waals surface area contributed by atoms with E-state index in [0.717, 1.165) is 31.6 Å². The highest BCUT2D eigenvalue weighted by Crippen LogP contribution is 2.38. The van der Waals surface area contributed by atoms with E-state index in [2.05, 4.69) is 13.8 Å². The van der Waals surface area contributed by atoms with Crippen LogP contribution in [0.25, 0.3) is 0 Å². The summed E-state index contributed by atoms with van der Waals surface area (Å²) in [4.78, 5) is 11.8. The Kier molecular flexibility index (Phi) is 5.84. The lowest BCUT2D eigenvalue weighted by Crippen LogP contribution is -2.39. The quantitative estimate of drug-likeness (QED) is 0.706. The molecule has 0 aromatic carbocycles. The van der Waals surface area contributed by atoms with E-state index in [1.165, 1.54) is 12.8 Å². The van der Waals surface area contributed by atoms with Crippen molar-refractivity contribution in [3.8, 4) is 0 Å². The van der Waals surface area contributed by atoms with Crippen molar-refractivity contribution in [2.75, 3.05) is 6.61 Å². The number of carbonyl (C=O) groups excluding carboxylic acids is 1. The summed E-state index contributed by atoms with van der Waals surface area (Å²) in [6, 6.07) is 0. The minimum atomic E-state index is -0.431. The first kappa shape index (κ1) is 16.5. The van der Waals surface area contributed by atoms with Gasteiger partial charge in [-0.3, -0.25) is 0 Å². The maximum atomic E-state index is 11.8. The van der Waals surface area contributed by atoms with Crippen molar-refractivity contribution < 1.29 is 14.3 Å². The van der Waals surface area contributed by atoms with Gasteiger partial charge in [0.2, 0.25) is 0 Å². The molecule has 0 radical (unpaired) electrons. The van der Waals surface area contributed by atoms with E-state index in [1.807, 2.05) is 20.8 Å². The average Bonchev–Trinajstić information content (AvgIpc) is 2.29. The van der Waals surface area contributed by atoms with Gasteiger partial charge in [-0.25, -0.2) is 4.79 Å². The zero-order valence-corrected chi connectivity index (χ0v) is 13.3. The molecule has 0 aromatic heterocycles. The van der Waals surface area contributed by atoms with E-state index >= 15 is 0 Å². The summed E-state index contributed by atoms with van der Waals surface area (Å²) in [5.41, 5.74) is -0.516. The molecule has 0 heterocycles. The van der Waals surface area contributed by atoms with E-state index in [1.54, 1.807) is 0 Å². The molecule has 0 aromatic rings. The van der Waals surface area contributed by atoms with Gasteiger partial charge in [0.25, 0.3) is 0 Å². The standard InChI is InChI=1S/C16H30O3/c1-6-9-16(10-7-13(2)8-11-16)18-12-14(17)19-15(3,4)5/h13H,6-12H2,1-5H3. The number of hydrogen-bond acceptors (Lipinski definition) is 3. The second-order valence-electron chi connectivity index (χ2n) is 6.99. The van der Waals surface area contributed by atoms with Crippen LogP contribution in [0, 0.1) is 5.92 Å². The highest BCUT2D eigenvalue weighted by Gasteiger charge is 2.35. The SMILES string of the molecule is CCCC1(OCC(=O)OC(C)(C)C)CCC(C)CC1. The summed E-state index contributed by atoms with van der Waals surface area (Å²) in [5, 5.41) is 0. The largest absolute Gasteiger partial charge is 0.458 e. The summed E-state index contributed by atoms with van der Waals surface area (Å²) in [5.74, 6) is 0.539. The number of ether oxygens (including phenoxy) is 2. The lowest BCUT2D eigenvalue weighted by atomic mass is 9.77. The molecule has 1 rings (SSSR count). The minimum Gasteiger partial charge on any atom is -0.458 e. The molecule has 0 aliphatic heterocycles. The predicted octanol–water partition coefficient (Wildman–Crippen LogP) is 4.09. The Hall–Kier alpha value is -0.570. The summed E-state index contributed by atoms with van der Waals surface area (Å²) in [6.07, 6.45) is 6.70. The molecule has 0 saturated heterocycles. The normalized spacial score (nSPS) is 28.2. The van der Waals surface area contributed by atoms with Crippen molar-refractivity contribution in [2.24, 2.45) is 5.92 Å². The maximum absolute atomic E-state index is 11.8. The van der Waals surface area contributed by atoms with Gasteiger partial charge >= 0.3 is 5.97 Å². The van der Waals surface area contributed by atoms with Gasteiger partial charge in [0.15, 0.2) is 0 Å². The Morgan fingerprint density at radius 1 is 1.26 bits per heavy atom. The molecule has 1 fully saturated rings. The molecular weight excluding hydrogens is 240 g/mol. The highest BCUT2D eigenvalue weighted by atomic mass is 16.6. The Bertz CT molecular complexity index is 283. The van der Waals surface area contributed by atoms with Gasteiger partial charge in [-0.2, -0.15) is 0 Å². The molecule has 1 aliphatic rings. The van der Waals surface area contributed by atoms with Gasteiger partial charge in [0, 0.05) is 0 Å². The zero-order valence-electron chi connectivity index (χ0n) is 13.3. The molecule has 0 unspecified atom stereocenters. The molecule has 3 heteroatoms. The molecule has 0 amide bonds. The first-order valence-corrected chi connectivity index (χ1v) is 7.62. The molecule has 3 nitrogen and oxygen atoms in total. The van der Waals surface area contributed by atoms with Gasteiger partial charge < -0.3 is 9.47 Å². The van der Waals surface area contributed by atoms with Gasteiger partial charge in [-0.1, -0.05) is 20.3 Å². The van der Waals surface area contributed by atoms with Crippen LogP contribution in [0.4, 0.5) is 0 Å². The van der Waals surface area contributed by atoms with Crippen molar-refractivity contribution >= 4 is 5.97 Å². The van der Waals surface area contributed by atoms with E-state index in [-0.39, 0.29) is 18.2 Å². The number of esters is 1. The summed E-state index contributed by atoms with van der Waals surface area (Å²) in [7, 11) is 0. The van der Waals surface area contributed by atoms with Crippen LogP contribution in [0.2, 0.25) is 0 Å². The molecule has 19 heavy (non-hydrogen) atoms. The third-order valence-electron chi connectivity index (χ3n) is 3.81. The van der Waals surface area contributed by atoms with Crippen molar-refractivity contribution in [3.63, 3.8) is 0 Å². The second kappa shape index (κ2) is 6.74. The number of rotatable bonds is 5. The molecular formula is C16H30O3. The molecule has 0 spiro atoms. The van der Waals surface area contributed by atoms with E-state index in [4.69, 9.17) is 9.47 Å². The summed E-state index contributed by atoms with van der Waals surface area (Å²) >= 11 is 0. The lowest BCUT2D eigenvalue weighted by Gasteiger charge is -2.39. The van der Waals surface area contributed by atoms with E-state index in [9.17, 15) is 4.79 Å². The average molecular weight is 270 g/mol. The number of hydrogen-bond donors (Lipinski definition) is 0. The van der Waals surface area contributed by atoms with Crippen molar-refractivity contribution in [2.45, 2.75) is 84.3 Å². The Morgan fingerprint density at radius 2 is 1.84 bits per heavy atom. The van der Waals surface area contributed by atoms with Crippen molar-refractivity contribution in [1.82, 2.24) is 0 Å². The molecule has 112 valence electrons. The monoisotopic (exact) mass is 270 g/mol. The van der Waals surface area contributed by atoms with Gasteiger partial charge in [0.05, 0.1) is 5.60 Å². The van der Waals surface area contributed by atoms with Crippen molar-refractivity contribution in [1.29, 1.82) is 0 Å². The Labute approximate surface area is 118 Å². The van der Waals surface area contributed by atoms with Crippen LogP contribution in [-0.2, 0) is 14.3 Å². The van der Waals surface area contributed by atoms with Crippen LogP contribution in [0.3, 0.4) is 0 Å². The molecule has 1 saturated carbocycles. The zero-order chi connectivity index (χ0) is 14.5. The molecule has 0 atom stereocenters. The Balaban J connectivity index is 2.48. The van der Waals surface area contributed by atoms with Crippen LogP contribution in [0.1, 0.15) is 73.1 Å². The second-order valence-corrected chi connectivity index (χ2v) is 6.99. The third-order valence-corrected chi connectivity index (χ3v) is 3.81. The predicted molar refractivity (Wildman–Crippen MR) is 77.1 cm³/mol.